The summed E-state index contributed by atoms with van der Waals surface area (Å²) in [5, 5.41) is 11.8. The van der Waals surface area contributed by atoms with E-state index < -0.39 is 12.0 Å². The maximum absolute atomic E-state index is 11.9. The average Bonchev–Trinajstić information content (AvgIpc) is 2.40. The van der Waals surface area contributed by atoms with Gasteiger partial charge in [-0.15, -0.1) is 0 Å². The molecule has 0 fully saturated rings. The van der Waals surface area contributed by atoms with Crippen molar-refractivity contribution in [3.05, 3.63) is 42.0 Å². The standard InChI is InChI=1S/C15H19NO4/c1-4-20-15(19)13(16-14(18)10(2)3)9-11-5-7-12(17)8-6-11/h5-8,13,17H,2,4,9H2,1,3H3,(H,16,18). The van der Waals surface area contributed by atoms with Crippen molar-refractivity contribution in [1.82, 2.24) is 5.32 Å². The Kier molecular flexibility index (Phi) is 5.77. The first-order valence-electron chi connectivity index (χ1n) is 6.35. The Morgan fingerprint density at radius 3 is 2.45 bits per heavy atom. The highest BCUT2D eigenvalue weighted by Gasteiger charge is 2.22. The maximum atomic E-state index is 11.9. The molecular formula is C15H19NO4. The smallest absolute Gasteiger partial charge is 0.328 e. The SMILES string of the molecule is C=C(C)C(=O)NC(Cc1ccc(O)cc1)C(=O)OCC. The van der Waals surface area contributed by atoms with Gasteiger partial charge >= 0.3 is 5.97 Å². The summed E-state index contributed by atoms with van der Waals surface area (Å²) < 4.78 is 4.95. The van der Waals surface area contributed by atoms with Gasteiger partial charge in [-0.3, -0.25) is 4.79 Å². The molecule has 20 heavy (non-hydrogen) atoms. The van der Waals surface area contributed by atoms with E-state index in [4.69, 9.17) is 4.74 Å². The van der Waals surface area contributed by atoms with Gasteiger partial charge in [0, 0.05) is 12.0 Å². The lowest BCUT2D eigenvalue weighted by molar-refractivity contribution is -0.147. The minimum Gasteiger partial charge on any atom is -0.508 e. The van der Waals surface area contributed by atoms with Gasteiger partial charge in [0.15, 0.2) is 0 Å². The monoisotopic (exact) mass is 277 g/mol. The summed E-state index contributed by atoms with van der Waals surface area (Å²) in [6, 6.07) is 5.66. The second-order valence-electron chi connectivity index (χ2n) is 4.43. The molecule has 5 nitrogen and oxygen atoms in total. The molecule has 1 unspecified atom stereocenters. The van der Waals surface area contributed by atoms with Crippen LogP contribution in [0, 0.1) is 0 Å². The van der Waals surface area contributed by atoms with E-state index in [1.165, 1.54) is 12.1 Å². The summed E-state index contributed by atoms with van der Waals surface area (Å²) >= 11 is 0. The maximum Gasteiger partial charge on any atom is 0.328 e. The zero-order chi connectivity index (χ0) is 15.1. The van der Waals surface area contributed by atoms with Crippen molar-refractivity contribution >= 4 is 11.9 Å². The second-order valence-corrected chi connectivity index (χ2v) is 4.43. The molecule has 1 rings (SSSR count). The Bertz CT molecular complexity index is 493. The number of esters is 1. The molecule has 1 atom stereocenters. The van der Waals surface area contributed by atoms with Crippen LogP contribution in [0.25, 0.3) is 0 Å². The fraction of sp³-hybridized carbons (Fsp3) is 0.333. The van der Waals surface area contributed by atoms with Crippen LogP contribution in [0.2, 0.25) is 0 Å². The van der Waals surface area contributed by atoms with Gasteiger partial charge in [-0.2, -0.15) is 0 Å². The largest absolute Gasteiger partial charge is 0.508 e. The minimum atomic E-state index is -0.774. The van der Waals surface area contributed by atoms with E-state index in [2.05, 4.69) is 11.9 Å². The number of aromatic hydroxyl groups is 1. The summed E-state index contributed by atoms with van der Waals surface area (Å²) in [7, 11) is 0. The molecule has 0 spiro atoms. The molecule has 0 aliphatic carbocycles. The summed E-state index contributed by atoms with van der Waals surface area (Å²) in [6.45, 7) is 7.05. The number of rotatable bonds is 6. The molecule has 0 heterocycles. The Labute approximate surface area is 118 Å². The van der Waals surface area contributed by atoms with Crippen LogP contribution in [-0.2, 0) is 20.7 Å². The zero-order valence-electron chi connectivity index (χ0n) is 11.7. The van der Waals surface area contributed by atoms with Crippen LogP contribution in [0.3, 0.4) is 0 Å². The van der Waals surface area contributed by atoms with E-state index in [0.29, 0.717) is 5.57 Å². The van der Waals surface area contributed by atoms with Crippen LogP contribution >= 0.6 is 0 Å². The summed E-state index contributed by atoms with van der Waals surface area (Å²) in [5.74, 6) is -0.732. The van der Waals surface area contributed by atoms with E-state index >= 15 is 0 Å². The Morgan fingerprint density at radius 1 is 1.35 bits per heavy atom. The van der Waals surface area contributed by atoms with Crippen LogP contribution in [0.1, 0.15) is 19.4 Å². The first-order valence-corrected chi connectivity index (χ1v) is 6.35. The van der Waals surface area contributed by atoms with Crippen LogP contribution in [0.5, 0.6) is 5.75 Å². The number of carbonyl (C=O) groups is 2. The normalized spacial score (nSPS) is 11.5. The molecular weight excluding hydrogens is 258 g/mol. The van der Waals surface area contributed by atoms with Gasteiger partial charge in [0.05, 0.1) is 6.61 Å². The van der Waals surface area contributed by atoms with E-state index in [1.54, 1.807) is 26.0 Å². The van der Waals surface area contributed by atoms with Crippen LogP contribution in [0.4, 0.5) is 0 Å². The minimum absolute atomic E-state index is 0.146. The molecule has 1 amide bonds. The molecule has 0 bridgehead atoms. The van der Waals surface area contributed by atoms with Crippen LogP contribution < -0.4 is 5.32 Å². The third-order valence-corrected chi connectivity index (χ3v) is 2.64. The molecule has 0 aromatic heterocycles. The van der Waals surface area contributed by atoms with Crippen molar-refractivity contribution in [2.24, 2.45) is 0 Å². The van der Waals surface area contributed by atoms with Crippen molar-refractivity contribution in [3.63, 3.8) is 0 Å². The molecule has 5 heteroatoms. The molecule has 0 saturated carbocycles. The van der Waals surface area contributed by atoms with Gasteiger partial charge in [0.25, 0.3) is 0 Å². The highest BCUT2D eigenvalue weighted by Crippen LogP contribution is 2.12. The van der Waals surface area contributed by atoms with Gasteiger partial charge in [0.1, 0.15) is 11.8 Å². The lowest BCUT2D eigenvalue weighted by atomic mass is 10.1. The topological polar surface area (TPSA) is 75.6 Å². The second kappa shape index (κ2) is 7.33. The first kappa shape index (κ1) is 15.8. The fourth-order valence-corrected chi connectivity index (χ4v) is 1.59. The van der Waals surface area contributed by atoms with Gasteiger partial charge in [0.2, 0.25) is 5.91 Å². The van der Waals surface area contributed by atoms with Gasteiger partial charge in [-0.05, 0) is 31.5 Å². The van der Waals surface area contributed by atoms with Crippen molar-refractivity contribution in [3.8, 4) is 5.75 Å². The van der Waals surface area contributed by atoms with Crippen molar-refractivity contribution in [2.75, 3.05) is 6.61 Å². The number of ether oxygens (including phenoxy) is 1. The quantitative estimate of drug-likeness (QED) is 0.611. The number of amides is 1. The number of phenols is 1. The zero-order valence-corrected chi connectivity index (χ0v) is 11.7. The van der Waals surface area contributed by atoms with E-state index in [1.807, 2.05) is 0 Å². The van der Waals surface area contributed by atoms with E-state index in [0.717, 1.165) is 5.56 Å². The van der Waals surface area contributed by atoms with Gasteiger partial charge in [-0.1, -0.05) is 18.7 Å². The molecule has 0 radical (unpaired) electrons. The average molecular weight is 277 g/mol. The van der Waals surface area contributed by atoms with Crippen molar-refractivity contribution < 1.29 is 19.4 Å². The highest BCUT2D eigenvalue weighted by atomic mass is 16.5. The van der Waals surface area contributed by atoms with Gasteiger partial charge in [-0.25, -0.2) is 4.79 Å². The van der Waals surface area contributed by atoms with Gasteiger partial charge < -0.3 is 15.2 Å². The highest BCUT2D eigenvalue weighted by molar-refractivity contribution is 5.95. The predicted molar refractivity (Wildman–Crippen MR) is 75.2 cm³/mol. The molecule has 0 aliphatic rings. The third-order valence-electron chi connectivity index (χ3n) is 2.64. The predicted octanol–water partition coefficient (Wildman–Crippen LogP) is 1.56. The van der Waals surface area contributed by atoms with Crippen molar-refractivity contribution in [1.29, 1.82) is 0 Å². The number of nitrogens with one attached hydrogen (secondary N) is 1. The number of hydrogen-bond donors (Lipinski definition) is 2. The molecule has 1 aromatic rings. The summed E-state index contributed by atoms with van der Waals surface area (Å²) in [5.41, 5.74) is 1.13. The van der Waals surface area contributed by atoms with Crippen molar-refractivity contribution in [2.45, 2.75) is 26.3 Å². The Balaban J connectivity index is 2.81. The summed E-state index contributed by atoms with van der Waals surface area (Å²) in [4.78, 5) is 23.5. The van der Waals surface area contributed by atoms with Crippen LogP contribution in [0.15, 0.2) is 36.4 Å². The lowest BCUT2D eigenvalue weighted by Crippen LogP contribution is -2.43. The lowest BCUT2D eigenvalue weighted by Gasteiger charge is -2.17. The molecule has 2 N–H and O–H groups in total. The Hall–Kier alpha value is -2.30. The number of carbonyl (C=O) groups excluding carboxylic acids is 2. The third kappa shape index (κ3) is 4.76. The molecule has 0 aliphatic heterocycles. The molecule has 108 valence electrons. The number of hydrogen-bond acceptors (Lipinski definition) is 4. The van der Waals surface area contributed by atoms with E-state index in [9.17, 15) is 14.7 Å². The molecule has 0 saturated heterocycles. The van der Waals surface area contributed by atoms with E-state index in [-0.39, 0.29) is 24.7 Å². The first-order chi connectivity index (χ1) is 9.43. The summed E-state index contributed by atoms with van der Waals surface area (Å²) in [6.07, 6.45) is 0.290. The molecule has 1 aromatic carbocycles. The Morgan fingerprint density at radius 2 is 1.95 bits per heavy atom. The number of benzene rings is 1. The van der Waals surface area contributed by atoms with Crippen LogP contribution in [-0.4, -0.2) is 29.6 Å². The fourth-order valence-electron chi connectivity index (χ4n) is 1.59. The number of phenolic OH excluding ortho intramolecular Hbond substituents is 1.